The van der Waals surface area contributed by atoms with E-state index < -0.39 is 5.97 Å². The number of aromatic nitrogens is 1. The van der Waals surface area contributed by atoms with Crippen molar-refractivity contribution in [2.24, 2.45) is 10.7 Å². The number of nitrogens with zero attached hydrogens (tertiary/aromatic N) is 2. The Morgan fingerprint density at radius 1 is 1.26 bits per heavy atom. The number of oxazole rings is 1. The molecule has 0 radical (unpaired) electrons. The molecule has 0 atom stereocenters. The largest absolute Gasteiger partial charge is 0.478 e. The number of nitrogens with one attached hydrogen (secondary N) is 1. The highest BCUT2D eigenvalue weighted by Gasteiger charge is 2.10. The van der Waals surface area contributed by atoms with E-state index in [-0.39, 0.29) is 11.6 Å². The Hall–Kier alpha value is -3.87. The zero-order chi connectivity index (χ0) is 19.2. The van der Waals surface area contributed by atoms with E-state index in [4.69, 9.17) is 15.3 Å². The molecule has 7 heteroatoms. The maximum absolute atomic E-state index is 11.1. The number of carbonyl (C=O) groups is 1. The highest BCUT2D eigenvalue weighted by Crippen LogP contribution is 2.27. The first-order chi connectivity index (χ1) is 13.1. The van der Waals surface area contributed by atoms with Crippen molar-refractivity contribution in [1.82, 2.24) is 4.98 Å². The number of aryl methyl sites for hydroxylation is 1. The second-order valence-electron chi connectivity index (χ2n) is 5.70. The Labute approximate surface area is 155 Å². The van der Waals surface area contributed by atoms with Crippen LogP contribution in [0.25, 0.3) is 11.3 Å². The summed E-state index contributed by atoms with van der Waals surface area (Å²) >= 11 is 0. The molecule has 0 bridgehead atoms. The second kappa shape index (κ2) is 8.01. The number of allylic oxidation sites excluding steroid dienone is 1. The van der Waals surface area contributed by atoms with Gasteiger partial charge in [0.1, 0.15) is 0 Å². The van der Waals surface area contributed by atoms with Crippen LogP contribution in [0.1, 0.15) is 15.9 Å². The van der Waals surface area contributed by atoms with E-state index in [2.05, 4.69) is 15.3 Å². The molecule has 0 aliphatic heterocycles. The van der Waals surface area contributed by atoms with Gasteiger partial charge in [0.15, 0.2) is 5.76 Å². The minimum absolute atomic E-state index is 0.190. The van der Waals surface area contributed by atoms with Gasteiger partial charge in [0.25, 0.3) is 6.01 Å². The predicted molar refractivity (Wildman–Crippen MR) is 105 cm³/mol. The third-order valence-electron chi connectivity index (χ3n) is 3.80. The van der Waals surface area contributed by atoms with E-state index in [0.717, 1.165) is 16.8 Å². The van der Waals surface area contributed by atoms with Crippen LogP contribution in [0.15, 0.2) is 70.3 Å². The summed E-state index contributed by atoms with van der Waals surface area (Å²) in [5.74, 6) is -0.405. The summed E-state index contributed by atoms with van der Waals surface area (Å²) in [7, 11) is 0. The average molecular weight is 362 g/mol. The van der Waals surface area contributed by atoms with E-state index in [1.54, 1.807) is 36.7 Å². The number of benzene rings is 2. The van der Waals surface area contributed by atoms with Crippen molar-refractivity contribution in [3.63, 3.8) is 0 Å². The van der Waals surface area contributed by atoms with Gasteiger partial charge in [0.05, 0.1) is 17.4 Å². The van der Waals surface area contributed by atoms with Crippen molar-refractivity contribution in [2.75, 3.05) is 5.32 Å². The number of carboxylic acids is 1. The van der Waals surface area contributed by atoms with E-state index in [0.29, 0.717) is 11.4 Å². The van der Waals surface area contributed by atoms with Crippen LogP contribution in [-0.2, 0) is 0 Å². The predicted octanol–water partition coefficient (Wildman–Crippen LogP) is 4.27. The number of hydrogen-bond acceptors (Lipinski definition) is 6. The van der Waals surface area contributed by atoms with Crippen LogP contribution in [0.5, 0.6) is 0 Å². The first-order valence-corrected chi connectivity index (χ1v) is 8.15. The number of hydrogen-bond donors (Lipinski definition) is 3. The van der Waals surface area contributed by atoms with Crippen molar-refractivity contribution >= 4 is 29.6 Å². The van der Waals surface area contributed by atoms with Crippen LogP contribution in [0.2, 0.25) is 0 Å². The fourth-order valence-electron chi connectivity index (χ4n) is 2.36. The fourth-order valence-corrected chi connectivity index (χ4v) is 2.36. The standard InChI is InChI=1S/C20H18N4O3/c1-13-3-4-15(19(25)26)11-17(13)24-20-23-12-18(27-20)14-5-7-16(8-6-14)22-10-2-9-21/h2-12H,21H2,1H3,(H,23,24)(H,25,26). The maximum Gasteiger partial charge on any atom is 0.335 e. The second-order valence-corrected chi connectivity index (χ2v) is 5.70. The Morgan fingerprint density at radius 2 is 2.04 bits per heavy atom. The average Bonchev–Trinajstić information content (AvgIpc) is 3.13. The minimum Gasteiger partial charge on any atom is -0.478 e. The number of carboxylic acid groups (broad SMARTS) is 1. The molecule has 0 unspecified atom stereocenters. The van der Waals surface area contributed by atoms with Gasteiger partial charge in [0, 0.05) is 17.5 Å². The Bertz CT molecular complexity index is 1000. The van der Waals surface area contributed by atoms with Crippen LogP contribution in [-0.4, -0.2) is 22.3 Å². The van der Waals surface area contributed by atoms with Crippen molar-refractivity contribution in [1.29, 1.82) is 0 Å². The van der Waals surface area contributed by atoms with E-state index in [1.807, 2.05) is 31.2 Å². The monoisotopic (exact) mass is 362 g/mol. The van der Waals surface area contributed by atoms with Crippen molar-refractivity contribution < 1.29 is 14.3 Å². The van der Waals surface area contributed by atoms with Gasteiger partial charge in [0.2, 0.25) is 0 Å². The SMILES string of the molecule is Cc1ccc(C(=O)O)cc1Nc1ncc(-c2ccc(N=CC=CN)cc2)o1. The Morgan fingerprint density at radius 3 is 2.74 bits per heavy atom. The summed E-state index contributed by atoms with van der Waals surface area (Å²) in [6.45, 7) is 1.87. The molecular formula is C20H18N4O3. The summed E-state index contributed by atoms with van der Waals surface area (Å²) < 4.78 is 5.73. The molecule has 3 aromatic rings. The summed E-state index contributed by atoms with van der Waals surface area (Å²) in [4.78, 5) is 19.6. The summed E-state index contributed by atoms with van der Waals surface area (Å²) in [5, 5.41) is 12.1. The van der Waals surface area contributed by atoms with E-state index in [1.165, 1.54) is 6.20 Å². The van der Waals surface area contributed by atoms with Crippen molar-refractivity contribution in [3.05, 3.63) is 72.1 Å². The Kier molecular flexibility index (Phi) is 5.32. The normalized spacial score (nSPS) is 11.3. The third-order valence-corrected chi connectivity index (χ3v) is 3.80. The van der Waals surface area contributed by atoms with E-state index >= 15 is 0 Å². The fraction of sp³-hybridized carbons (Fsp3) is 0.0500. The summed E-state index contributed by atoms with van der Waals surface area (Å²) in [5.41, 5.74) is 8.59. The molecule has 0 aliphatic rings. The minimum atomic E-state index is -0.990. The molecule has 0 aliphatic carbocycles. The molecule has 2 aromatic carbocycles. The molecule has 27 heavy (non-hydrogen) atoms. The summed E-state index contributed by atoms with van der Waals surface area (Å²) in [6, 6.07) is 12.6. The third kappa shape index (κ3) is 4.40. The van der Waals surface area contributed by atoms with Crippen LogP contribution in [0.4, 0.5) is 17.4 Å². The van der Waals surface area contributed by atoms with Gasteiger partial charge in [-0.15, -0.1) is 0 Å². The maximum atomic E-state index is 11.1. The summed E-state index contributed by atoms with van der Waals surface area (Å²) in [6.07, 6.45) is 6.27. The van der Waals surface area contributed by atoms with Gasteiger partial charge in [-0.25, -0.2) is 9.78 Å². The molecule has 0 saturated heterocycles. The van der Waals surface area contributed by atoms with Gasteiger partial charge in [-0.05, 0) is 61.2 Å². The smallest absolute Gasteiger partial charge is 0.335 e. The van der Waals surface area contributed by atoms with Crippen LogP contribution in [0, 0.1) is 6.92 Å². The molecular weight excluding hydrogens is 344 g/mol. The highest BCUT2D eigenvalue weighted by molar-refractivity contribution is 5.89. The van der Waals surface area contributed by atoms with Gasteiger partial charge in [-0.3, -0.25) is 4.99 Å². The van der Waals surface area contributed by atoms with Crippen LogP contribution >= 0.6 is 0 Å². The number of aliphatic imine (C=N–C) groups is 1. The molecule has 1 heterocycles. The molecule has 1 aromatic heterocycles. The van der Waals surface area contributed by atoms with Crippen LogP contribution in [0.3, 0.4) is 0 Å². The lowest BCUT2D eigenvalue weighted by Crippen LogP contribution is -1.99. The number of rotatable bonds is 6. The zero-order valence-corrected chi connectivity index (χ0v) is 14.6. The van der Waals surface area contributed by atoms with Crippen molar-refractivity contribution in [3.8, 4) is 11.3 Å². The lowest BCUT2D eigenvalue weighted by atomic mass is 10.1. The lowest BCUT2D eigenvalue weighted by molar-refractivity contribution is 0.0697. The van der Waals surface area contributed by atoms with Gasteiger partial charge in [-0.2, -0.15) is 0 Å². The van der Waals surface area contributed by atoms with Gasteiger partial charge in [-0.1, -0.05) is 6.07 Å². The molecule has 3 rings (SSSR count). The van der Waals surface area contributed by atoms with Crippen LogP contribution < -0.4 is 11.1 Å². The molecule has 0 fully saturated rings. The molecule has 0 spiro atoms. The molecule has 0 saturated carbocycles. The Balaban J connectivity index is 1.77. The lowest BCUT2D eigenvalue weighted by Gasteiger charge is -2.07. The first kappa shape index (κ1) is 17.9. The number of nitrogens with two attached hydrogens (primary N) is 1. The first-order valence-electron chi connectivity index (χ1n) is 8.15. The molecule has 0 amide bonds. The van der Waals surface area contributed by atoms with Gasteiger partial charge >= 0.3 is 5.97 Å². The molecule has 7 nitrogen and oxygen atoms in total. The van der Waals surface area contributed by atoms with Gasteiger partial charge < -0.3 is 20.6 Å². The highest BCUT2D eigenvalue weighted by atomic mass is 16.4. The number of aromatic carboxylic acids is 1. The molecule has 4 N–H and O–H groups in total. The topological polar surface area (TPSA) is 114 Å². The molecule has 136 valence electrons. The van der Waals surface area contributed by atoms with Crippen molar-refractivity contribution in [2.45, 2.75) is 6.92 Å². The van der Waals surface area contributed by atoms with E-state index in [9.17, 15) is 4.79 Å². The number of anilines is 2. The quantitative estimate of drug-likeness (QED) is 0.564. The zero-order valence-electron chi connectivity index (χ0n) is 14.6.